The number of pyridine rings is 4. The molecule has 0 radical (unpaired) electrons. The maximum Gasteiger partial charge on any atom is 0.0716 e. The van der Waals surface area contributed by atoms with Crippen LogP contribution < -0.4 is 19.6 Å². The third-order valence-electron chi connectivity index (χ3n) is 34.2. The van der Waals surface area contributed by atoms with E-state index in [-0.39, 0.29) is 0 Å². The molecule has 0 amide bonds. The monoisotopic (exact) mass is 1780 g/mol. The third-order valence-corrected chi connectivity index (χ3v) is 34.2. The van der Waals surface area contributed by atoms with E-state index in [9.17, 15) is 0 Å². The van der Waals surface area contributed by atoms with Crippen LogP contribution in [0, 0.1) is 0 Å². The molecule has 0 bridgehead atoms. The molecule has 0 unspecified atom stereocenters. The Balaban J connectivity index is 0.0000000829. The predicted molar refractivity (Wildman–Crippen MR) is 564 cm³/mol. The normalized spacial score (nSPS) is 14.9. The third kappa shape index (κ3) is 10.8. The van der Waals surface area contributed by atoms with Crippen LogP contribution in [0.3, 0.4) is 0 Å². The van der Waals surface area contributed by atoms with Crippen LogP contribution in [-0.4, -0.2) is 19.9 Å². The highest BCUT2D eigenvalue weighted by molar-refractivity contribution is 6.02. The highest BCUT2D eigenvalue weighted by Crippen LogP contribution is 2.62. The Hall–Kier alpha value is -16.7. The molecule has 16 aromatic carbocycles. The second-order valence-corrected chi connectivity index (χ2v) is 41.5. The Kier molecular flexibility index (Phi) is 15.6. The molecular formula is C132H88N8. The van der Waals surface area contributed by atoms with Crippen molar-refractivity contribution in [3.63, 3.8) is 0 Å². The number of aromatic nitrogens is 4. The smallest absolute Gasteiger partial charge is 0.0716 e. The molecule has 0 N–H and O–H groups in total. The molecule has 0 saturated carbocycles. The molecule has 0 spiro atoms. The van der Waals surface area contributed by atoms with Crippen molar-refractivity contribution in [1.29, 1.82) is 0 Å². The van der Waals surface area contributed by atoms with E-state index in [1.807, 2.05) is 18.6 Å². The lowest BCUT2D eigenvalue weighted by Gasteiger charge is -2.39. The SMILES string of the molecule is c1ccc2c(c1)Cc1c-2ccc2c1Cc1cc3c(cc1-2)N1c2ccccc2Cc2nccc(c21)C3.c1ccc2c(c1)Cc1ccc3c(c1-2)Cc1cc2c(cc1-3)N1c3ccccc3Cc3ccnc(c31)C2.c1ccc2c(c1)Cc1ccc3c(c1-2)Cc1cc2c(cc1-3)N1c3ccccc3Cc3cncc(c31)C2.c1ccc2c(c1)Cc1ccc3c(c1-2)Cc1cc2c(cc1-3)N1c3ccccc3Cc3nccc(c31)C2. The van der Waals surface area contributed by atoms with Crippen LogP contribution in [0.4, 0.5) is 68.2 Å². The van der Waals surface area contributed by atoms with E-state index < -0.39 is 0 Å². The van der Waals surface area contributed by atoms with Gasteiger partial charge in [-0.15, -0.1) is 0 Å². The number of hydrogen-bond donors (Lipinski definition) is 0. The van der Waals surface area contributed by atoms with E-state index in [0.717, 1.165) is 103 Å². The molecule has 36 rings (SSSR count). The summed E-state index contributed by atoms with van der Waals surface area (Å²) in [4.78, 5) is 29.1. The van der Waals surface area contributed by atoms with Gasteiger partial charge in [0.05, 0.1) is 62.6 Å². The summed E-state index contributed by atoms with van der Waals surface area (Å²) in [6, 6.07) is 117. The maximum atomic E-state index is 4.85. The standard InChI is InChI=1S/4C33H22N2/c1-3-7-26-19(5-1)11-21-9-10-27-28-16-31-23(13-22(28)15-29(27)32(21)26)14-25-18-34-17-24-12-20-6-2-4-8-30(20)35(31)33(24)25;1-3-7-24-19(5-1)15-28-25(24)9-10-26-27-18-32-23(14-22(27)16-29(26)28)13-21-11-12-34-30-17-20-6-2-4-8-31(20)35(32)33(21)30;1-3-7-25-19(5-1)13-21-9-10-26-27-18-31-24(15-23(27)16-28(26)32(21)25)14-22-11-12-34-29-17-20-6-2-4-8-30(20)35(31)33(22)29;1-3-7-25-19(5-1)13-21-9-10-26-27-18-31-24(15-23(27)16-28(26)32(21)25)17-29-33-22(11-12-34-29)14-20-6-2-4-8-30(20)35(31)33/h1-10,13,16-18H,11-12,14-15H2;1-12,14,18H,13,15-17H2;2*1-12,15,18H,13-14,16-17H2. The summed E-state index contributed by atoms with van der Waals surface area (Å²) in [6.45, 7) is 0. The molecule has 20 aromatic rings. The van der Waals surface area contributed by atoms with Gasteiger partial charge in [0.25, 0.3) is 0 Å². The van der Waals surface area contributed by atoms with Crippen molar-refractivity contribution >= 4 is 68.2 Å². The second kappa shape index (κ2) is 28.5. The minimum Gasteiger partial charge on any atom is -0.309 e. The van der Waals surface area contributed by atoms with E-state index >= 15 is 0 Å². The van der Waals surface area contributed by atoms with E-state index in [0.29, 0.717) is 0 Å². The molecule has 0 atom stereocenters. The van der Waals surface area contributed by atoms with Gasteiger partial charge in [0.15, 0.2) is 0 Å². The van der Waals surface area contributed by atoms with Crippen molar-refractivity contribution in [1.82, 2.24) is 19.9 Å². The maximum absolute atomic E-state index is 4.85. The molecule has 8 aliphatic heterocycles. The zero-order valence-corrected chi connectivity index (χ0v) is 77.2. The first-order valence-electron chi connectivity index (χ1n) is 50.3. The Labute approximate surface area is 812 Å². The molecule has 4 aromatic heterocycles. The number of nitrogens with zero attached hydrogens (tertiary/aromatic N) is 8. The largest absolute Gasteiger partial charge is 0.309 e. The second-order valence-electron chi connectivity index (χ2n) is 41.5. The summed E-state index contributed by atoms with van der Waals surface area (Å²) < 4.78 is 0. The van der Waals surface area contributed by atoms with Gasteiger partial charge in [-0.1, -0.05) is 243 Å². The Morgan fingerprint density at radius 3 is 0.793 bits per heavy atom. The van der Waals surface area contributed by atoms with Crippen molar-refractivity contribution in [2.75, 3.05) is 19.6 Å². The van der Waals surface area contributed by atoms with E-state index in [1.54, 1.807) is 0 Å². The van der Waals surface area contributed by atoms with Gasteiger partial charge in [0.1, 0.15) is 0 Å². The molecule has 16 aliphatic rings. The molecule has 12 heterocycles. The molecule has 656 valence electrons. The Morgan fingerprint density at radius 1 is 0.150 bits per heavy atom. The first-order valence-corrected chi connectivity index (χ1v) is 50.3. The predicted octanol–water partition coefficient (Wildman–Crippen LogP) is 30.0. The topological polar surface area (TPSA) is 64.5 Å². The van der Waals surface area contributed by atoms with Crippen LogP contribution in [0.15, 0.2) is 340 Å². The number of benzene rings is 16. The van der Waals surface area contributed by atoms with Crippen molar-refractivity contribution in [2.24, 2.45) is 0 Å². The summed E-state index contributed by atoms with van der Waals surface area (Å²) in [5.74, 6) is 0. The van der Waals surface area contributed by atoms with Crippen LogP contribution in [0.5, 0.6) is 0 Å². The summed E-state index contributed by atoms with van der Waals surface area (Å²) >= 11 is 0. The molecule has 8 heteroatoms. The van der Waals surface area contributed by atoms with E-state index in [1.165, 1.54) is 336 Å². The average Bonchev–Trinajstić information content (AvgIpc) is 1.47. The first kappa shape index (κ1) is 76.5. The van der Waals surface area contributed by atoms with Gasteiger partial charge in [0.2, 0.25) is 0 Å². The number of hydrogen-bond acceptors (Lipinski definition) is 8. The van der Waals surface area contributed by atoms with Gasteiger partial charge in [-0.2, -0.15) is 0 Å². The molecule has 0 saturated heterocycles. The number of fused-ring (bicyclic) bond motifs is 44. The van der Waals surface area contributed by atoms with Gasteiger partial charge in [-0.05, 0) is 368 Å². The zero-order valence-electron chi connectivity index (χ0n) is 77.2. The lowest BCUT2D eigenvalue weighted by molar-refractivity contribution is 0.958. The van der Waals surface area contributed by atoms with Crippen LogP contribution in [0.25, 0.3) is 89.0 Å². The van der Waals surface area contributed by atoms with Crippen molar-refractivity contribution < 1.29 is 0 Å². The summed E-state index contributed by atoms with van der Waals surface area (Å²) in [5, 5.41) is 0. The Bertz CT molecular complexity index is 8510. The number of rotatable bonds is 0. The fourth-order valence-electron chi connectivity index (χ4n) is 28.3. The van der Waals surface area contributed by atoms with Crippen LogP contribution in [0.2, 0.25) is 0 Å². The summed E-state index contributed by atoms with van der Waals surface area (Å²) in [6.07, 6.45) is 26.0. The highest BCUT2D eigenvalue weighted by atomic mass is 15.2. The van der Waals surface area contributed by atoms with Crippen molar-refractivity contribution in [2.45, 2.75) is 103 Å². The Morgan fingerprint density at radius 2 is 0.407 bits per heavy atom. The lowest BCUT2D eigenvalue weighted by atomic mass is 9.86. The highest BCUT2D eigenvalue weighted by Gasteiger charge is 2.43. The lowest BCUT2D eigenvalue weighted by Crippen LogP contribution is -2.25. The van der Waals surface area contributed by atoms with Gasteiger partial charge in [0, 0.05) is 105 Å². The van der Waals surface area contributed by atoms with Gasteiger partial charge < -0.3 is 19.6 Å². The quantitative estimate of drug-likeness (QED) is 0.149. The molecular weight excluding hydrogens is 1700 g/mol. The average molecular weight is 1790 g/mol. The van der Waals surface area contributed by atoms with Crippen molar-refractivity contribution in [3.05, 3.63) is 519 Å². The van der Waals surface area contributed by atoms with Crippen molar-refractivity contribution in [3.8, 4) is 89.0 Å². The fraction of sp³-hybridized carbons (Fsp3) is 0.121. The minimum absolute atomic E-state index is 0.905. The van der Waals surface area contributed by atoms with Gasteiger partial charge in [-0.3, -0.25) is 19.9 Å². The van der Waals surface area contributed by atoms with Gasteiger partial charge >= 0.3 is 0 Å². The minimum atomic E-state index is 0.905. The van der Waals surface area contributed by atoms with Crippen LogP contribution in [0.1, 0.15) is 178 Å². The number of para-hydroxylation sites is 4. The van der Waals surface area contributed by atoms with Gasteiger partial charge in [-0.25, -0.2) is 0 Å². The van der Waals surface area contributed by atoms with E-state index in [4.69, 9.17) is 15.0 Å². The fourth-order valence-corrected chi connectivity index (χ4v) is 28.3. The summed E-state index contributed by atoms with van der Waals surface area (Å²) in [7, 11) is 0. The first-order chi connectivity index (χ1) is 69.3. The van der Waals surface area contributed by atoms with E-state index in [2.05, 4.69) is 346 Å². The summed E-state index contributed by atoms with van der Waals surface area (Å²) in [5.41, 5.74) is 84.1. The zero-order chi connectivity index (χ0) is 90.7. The molecule has 0 fully saturated rings. The molecule has 8 aliphatic carbocycles. The number of anilines is 12. The molecule has 8 nitrogen and oxygen atoms in total. The van der Waals surface area contributed by atoms with Crippen LogP contribution in [-0.2, 0) is 103 Å². The molecule has 140 heavy (non-hydrogen) atoms. The van der Waals surface area contributed by atoms with Crippen LogP contribution >= 0.6 is 0 Å².